The highest BCUT2D eigenvalue weighted by atomic mass is 16.5. The molecular formula is C15H18N2O4. The smallest absolute Gasteiger partial charge is 0.254 e. The summed E-state index contributed by atoms with van der Waals surface area (Å²) in [6.07, 6.45) is 0.906. The Morgan fingerprint density at radius 3 is 2.62 bits per heavy atom. The number of amides is 3. The van der Waals surface area contributed by atoms with Crippen LogP contribution >= 0.6 is 0 Å². The minimum atomic E-state index is -0.661. The van der Waals surface area contributed by atoms with Crippen molar-refractivity contribution in [3.05, 3.63) is 29.8 Å². The van der Waals surface area contributed by atoms with Gasteiger partial charge in [-0.1, -0.05) is 6.92 Å². The predicted molar refractivity (Wildman–Crippen MR) is 75.9 cm³/mol. The van der Waals surface area contributed by atoms with Gasteiger partial charge in [-0.25, -0.2) is 0 Å². The molecule has 0 radical (unpaired) electrons. The number of piperazine rings is 1. The molecule has 0 aliphatic carbocycles. The Morgan fingerprint density at radius 1 is 1.33 bits per heavy atom. The Hall–Kier alpha value is -2.37. The zero-order chi connectivity index (χ0) is 15.4. The lowest BCUT2D eigenvalue weighted by molar-refractivity contribution is -0.138. The first-order valence-corrected chi connectivity index (χ1v) is 6.90. The number of imide groups is 1. The van der Waals surface area contributed by atoms with E-state index in [9.17, 15) is 14.4 Å². The van der Waals surface area contributed by atoms with Crippen LogP contribution in [0.4, 0.5) is 0 Å². The molecule has 1 aliphatic heterocycles. The molecule has 1 fully saturated rings. The van der Waals surface area contributed by atoms with Gasteiger partial charge in [0, 0.05) is 5.56 Å². The van der Waals surface area contributed by atoms with Crippen LogP contribution in [0.15, 0.2) is 24.3 Å². The Bertz CT molecular complexity index is 553. The molecule has 0 bridgehead atoms. The summed E-state index contributed by atoms with van der Waals surface area (Å²) < 4.78 is 5.45. The number of rotatable bonds is 4. The third kappa shape index (κ3) is 3.39. The van der Waals surface area contributed by atoms with E-state index in [1.165, 1.54) is 4.90 Å². The van der Waals surface area contributed by atoms with Crippen molar-refractivity contribution >= 4 is 17.7 Å². The third-order valence-electron chi connectivity index (χ3n) is 3.26. The van der Waals surface area contributed by atoms with Crippen LogP contribution in [0.3, 0.4) is 0 Å². The first kappa shape index (κ1) is 15.0. The zero-order valence-corrected chi connectivity index (χ0v) is 12.1. The van der Waals surface area contributed by atoms with Crippen LogP contribution in [-0.4, -0.2) is 41.8 Å². The van der Waals surface area contributed by atoms with Gasteiger partial charge in [0.05, 0.1) is 6.61 Å². The maximum atomic E-state index is 12.4. The second-order valence-corrected chi connectivity index (χ2v) is 4.89. The molecule has 112 valence electrons. The van der Waals surface area contributed by atoms with Gasteiger partial charge >= 0.3 is 0 Å². The minimum absolute atomic E-state index is 0.111. The van der Waals surface area contributed by atoms with Crippen LogP contribution in [0.1, 0.15) is 30.6 Å². The number of carbonyl (C=O) groups is 3. The van der Waals surface area contributed by atoms with E-state index in [-0.39, 0.29) is 12.5 Å². The van der Waals surface area contributed by atoms with E-state index in [0.717, 1.165) is 6.42 Å². The summed E-state index contributed by atoms with van der Waals surface area (Å²) in [5.74, 6) is -0.571. The van der Waals surface area contributed by atoms with Gasteiger partial charge in [0.25, 0.3) is 5.91 Å². The summed E-state index contributed by atoms with van der Waals surface area (Å²) in [4.78, 5) is 36.6. The monoisotopic (exact) mass is 290 g/mol. The lowest BCUT2D eigenvalue weighted by Crippen LogP contribution is -2.58. The molecule has 6 nitrogen and oxygen atoms in total. The molecule has 6 heteroatoms. The fraction of sp³-hybridized carbons (Fsp3) is 0.400. The normalized spacial score (nSPS) is 18.4. The quantitative estimate of drug-likeness (QED) is 0.838. The topological polar surface area (TPSA) is 75.7 Å². The second-order valence-electron chi connectivity index (χ2n) is 4.89. The molecule has 2 rings (SSSR count). The largest absolute Gasteiger partial charge is 0.494 e. The summed E-state index contributed by atoms with van der Waals surface area (Å²) in [5, 5.41) is 2.21. The molecule has 1 atom stereocenters. The van der Waals surface area contributed by atoms with Crippen LogP contribution in [0.25, 0.3) is 0 Å². The van der Waals surface area contributed by atoms with E-state index < -0.39 is 17.9 Å². The van der Waals surface area contributed by atoms with Crippen molar-refractivity contribution in [1.82, 2.24) is 10.2 Å². The van der Waals surface area contributed by atoms with Crippen molar-refractivity contribution in [3.63, 3.8) is 0 Å². The number of nitrogens with one attached hydrogen (secondary N) is 1. The Labute approximate surface area is 123 Å². The van der Waals surface area contributed by atoms with E-state index in [1.807, 2.05) is 6.92 Å². The predicted octanol–water partition coefficient (Wildman–Crippen LogP) is 0.962. The molecule has 1 aliphatic rings. The summed E-state index contributed by atoms with van der Waals surface area (Å²) in [6.45, 7) is 4.11. The molecule has 1 saturated heterocycles. The Kier molecular flexibility index (Phi) is 4.57. The van der Waals surface area contributed by atoms with Crippen molar-refractivity contribution in [2.75, 3.05) is 13.2 Å². The number of nitrogens with zero attached hydrogens (tertiary/aromatic N) is 1. The van der Waals surface area contributed by atoms with E-state index in [1.54, 1.807) is 31.2 Å². The molecule has 1 aromatic carbocycles. The molecule has 1 aromatic rings. The Balaban J connectivity index is 2.11. The van der Waals surface area contributed by atoms with Crippen LogP contribution in [-0.2, 0) is 9.59 Å². The summed E-state index contributed by atoms with van der Waals surface area (Å²) in [7, 11) is 0. The summed E-state index contributed by atoms with van der Waals surface area (Å²) >= 11 is 0. The van der Waals surface area contributed by atoms with Crippen LogP contribution in [0, 0.1) is 0 Å². The van der Waals surface area contributed by atoms with Crippen molar-refractivity contribution in [2.24, 2.45) is 0 Å². The highest BCUT2D eigenvalue weighted by Gasteiger charge is 2.33. The molecule has 0 saturated carbocycles. The Morgan fingerprint density at radius 2 is 2.00 bits per heavy atom. The van der Waals surface area contributed by atoms with E-state index in [4.69, 9.17) is 4.74 Å². The molecule has 1 unspecified atom stereocenters. The van der Waals surface area contributed by atoms with Crippen LogP contribution < -0.4 is 10.1 Å². The second kappa shape index (κ2) is 6.39. The first-order chi connectivity index (χ1) is 10.0. The van der Waals surface area contributed by atoms with Crippen molar-refractivity contribution in [3.8, 4) is 5.75 Å². The minimum Gasteiger partial charge on any atom is -0.494 e. The molecule has 3 amide bonds. The number of benzene rings is 1. The number of carbonyl (C=O) groups excluding carboxylic acids is 3. The number of ether oxygens (including phenoxy) is 1. The van der Waals surface area contributed by atoms with Gasteiger partial charge in [-0.05, 0) is 37.6 Å². The average molecular weight is 290 g/mol. The molecule has 21 heavy (non-hydrogen) atoms. The van der Waals surface area contributed by atoms with Crippen LogP contribution in [0.2, 0.25) is 0 Å². The van der Waals surface area contributed by atoms with Gasteiger partial charge in [0.2, 0.25) is 11.8 Å². The van der Waals surface area contributed by atoms with E-state index in [2.05, 4.69) is 5.32 Å². The maximum absolute atomic E-state index is 12.4. The zero-order valence-electron chi connectivity index (χ0n) is 12.1. The summed E-state index contributed by atoms with van der Waals surface area (Å²) in [6, 6.07) is 6.03. The van der Waals surface area contributed by atoms with Crippen LogP contribution in [0.5, 0.6) is 5.75 Å². The van der Waals surface area contributed by atoms with Gasteiger partial charge in [-0.15, -0.1) is 0 Å². The number of hydrogen-bond acceptors (Lipinski definition) is 4. The van der Waals surface area contributed by atoms with Gasteiger partial charge in [-0.3, -0.25) is 19.7 Å². The van der Waals surface area contributed by atoms with Crippen molar-refractivity contribution in [2.45, 2.75) is 26.3 Å². The van der Waals surface area contributed by atoms with Gasteiger partial charge < -0.3 is 9.64 Å². The molecule has 1 N–H and O–H groups in total. The molecule has 0 spiro atoms. The van der Waals surface area contributed by atoms with Crippen molar-refractivity contribution in [1.29, 1.82) is 0 Å². The standard InChI is InChI=1S/C15H18N2O4/c1-3-8-21-12-6-4-11(5-7-12)15(20)17-9-13(18)16-14(19)10(17)2/h4-7,10H,3,8-9H2,1-2H3,(H,16,18,19). The molecule has 1 heterocycles. The van der Waals surface area contributed by atoms with E-state index in [0.29, 0.717) is 17.9 Å². The molecular weight excluding hydrogens is 272 g/mol. The summed E-state index contributed by atoms with van der Waals surface area (Å²) in [5.41, 5.74) is 0.424. The van der Waals surface area contributed by atoms with E-state index >= 15 is 0 Å². The van der Waals surface area contributed by atoms with Crippen molar-refractivity contribution < 1.29 is 19.1 Å². The molecule has 0 aromatic heterocycles. The van der Waals surface area contributed by atoms with Gasteiger partial charge in [-0.2, -0.15) is 0 Å². The SMILES string of the molecule is CCCOc1ccc(C(=O)N2CC(=O)NC(=O)C2C)cc1. The average Bonchev–Trinajstić information content (AvgIpc) is 2.48. The number of hydrogen-bond donors (Lipinski definition) is 1. The fourth-order valence-corrected chi connectivity index (χ4v) is 2.04. The highest BCUT2D eigenvalue weighted by Crippen LogP contribution is 2.16. The lowest BCUT2D eigenvalue weighted by Gasteiger charge is -2.31. The lowest BCUT2D eigenvalue weighted by atomic mass is 10.1. The highest BCUT2D eigenvalue weighted by molar-refractivity contribution is 6.07. The maximum Gasteiger partial charge on any atom is 0.254 e. The van der Waals surface area contributed by atoms with Gasteiger partial charge in [0.1, 0.15) is 18.3 Å². The van der Waals surface area contributed by atoms with Gasteiger partial charge in [0.15, 0.2) is 0 Å². The fourth-order valence-electron chi connectivity index (χ4n) is 2.04. The third-order valence-corrected chi connectivity index (χ3v) is 3.26. The first-order valence-electron chi connectivity index (χ1n) is 6.90.